The first kappa shape index (κ1) is 19.0. The fourth-order valence-corrected chi connectivity index (χ4v) is 3.20. The lowest BCUT2D eigenvalue weighted by Gasteiger charge is -2.37. The predicted molar refractivity (Wildman–Crippen MR) is 99.5 cm³/mol. The molecule has 1 aromatic heterocycles. The van der Waals surface area contributed by atoms with Crippen molar-refractivity contribution in [3.8, 4) is 11.4 Å². The van der Waals surface area contributed by atoms with E-state index in [2.05, 4.69) is 20.4 Å². The number of rotatable bonds is 6. The fourth-order valence-electron chi connectivity index (χ4n) is 3.20. The van der Waals surface area contributed by atoms with Gasteiger partial charge in [-0.1, -0.05) is 35.5 Å². The highest BCUT2D eigenvalue weighted by atomic mass is 16.5. The van der Waals surface area contributed by atoms with Crippen LogP contribution < -0.4 is 5.32 Å². The minimum Gasteiger partial charge on any atom is -0.353 e. The topological polar surface area (TPSA) is 91.6 Å². The summed E-state index contributed by atoms with van der Waals surface area (Å²) in [6.07, 6.45) is 0.125. The second kappa shape index (κ2) is 8.30. The molecule has 8 nitrogen and oxygen atoms in total. The van der Waals surface area contributed by atoms with E-state index in [4.69, 9.17) is 4.52 Å². The summed E-state index contributed by atoms with van der Waals surface area (Å²) in [5, 5.41) is 6.81. The molecule has 0 aliphatic carbocycles. The Bertz CT molecular complexity index is 790. The maximum Gasteiger partial charge on any atom is 0.246 e. The molecule has 144 valence electrons. The zero-order valence-electron chi connectivity index (χ0n) is 15.9. The van der Waals surface area contributed by atoms with Crippen LogP contribution in [0, 0.1) is 0 Å². The Morgan fingerprint density at radius 1 is 1.37 bits per heavy atom. The van der Waals surface area contributed by atoms with Crippen molar-refractivity contribution < 1.29 is 14.1 Å². The van der Waals surface area contributed by atoms with E-state index in [1.807, 2.05) is 44.2 Å². The Kier molecular flexibility index (Phi) is 5.85. The number of hydrogen-bond donors (Lipinski definition) is 1. The Labute approximate surface area is 158 Å². The molecular formula is C19H25N5O3. The number of carbonyl (C=O) groups is 2. The van der Waals surface area contributed by atoms with Crippen LogP contribution in [-0.4, -0.2) is 64.0 Å². The van der Waals surface area contributed by atoms with Gasteiger partial charge in [-0.3, -0.25) is 14.5 Å². The number of piperazine rings is 1. The Balaban J connectivity index is 1.62. The van der Waals surface area contributed by atoms with Gasteiger partial charge < -0.3 is 14.7 Å². The quantitative estimate of drug-likeness (QED) is 0.823. The average Bonchev–Trinajstić information content (AvgIpc) is 3.12. The standard InChI is InChI=1S/C19H25N5O3/c1-13(2)24-10-9-20-19(26)15(24)11-17(25)23(3)12-16-21-18(22-27-16)14-7-5-4-6-8-14/h4-8,13,15H,9-12H2,1-3H3,(H,20,26)/t15-/m1/s1. The molecule has 1 fully saturated rings. The molecular weight excluding hydrogens is 346 g/mol. The SMILES string of the molecule is CC(C)N1CCNC(=O)[C@H]1CC(=O)N(C)Cc1nc(-c2ccccc2)no1. The summed E-state index contributed by atoms with van der Waals surface area (Å²) in [5.74, 6) is 0.616. The van der Waals surface area contributed by atoms with E-state index in [1.54, 1.807) is 7.05 Å². The average molecular weight is 371 g/mol. The molecule has 1 aliphatic heterocycles. The third-order valence-electron chi connectivity index (χ3n) is 4.70. The van der Waals surface area contributed by atoms with E-state index >= 15 is 0 Å². The van der Waals surface area contributed by atoms with Gasteiger partial charge in [0, 0.05) is 31.7 Å². The van der Waals surface area contributed by atoms with Gasteiger partial charge in [0.2, 0.25) is 23.5 Å². The van der Waals surface area contributed by atoms with Crippen LogP contribution in [0.4, 0.5) is 0 Å². The molecule has 1 atom stereocenters. The molecule has 0 spiro atoms. The zero-order chi connectivity index (χ0) is 19.4. The second-order valence-corrected chi connectivity index (χ2v) is 6.97. The van der Waals surface area contributed by atoms with E-state index in [9.17, 15) is 9.59 Å². The van der Waals surface area contributed by atoms with Gasteiger partial charge in [0.1, 0.15) is 0 Å². The van der Waals surface area contributed by atoms with Gasteiger partial charge in [-0.25, -0.2) is 0 Å². The molecule has 1 aromatic carbocycles. The van der Waals surface area contributed by atoms with Crippen LogP contribution >= 0.6 is 0 Å². The van der Waals surface area contributed by atoms with Gasteiger partial charge in [-0.15, -0.1) is 0 Å². The third-order valence-corrected chi connectivity index (χ3v) is 4.70. The van der Waals surface area contributed by atoms with E-state index in [-0.39, 0.29) is 30.8 Å². The van der Waals surface area contributed by atoms with E-state index in [0.29, 0.717) is 18.3 Å². The molecule has 1 saturated heterocycles. The van der Waals surface area contributed by atoms with Gasteiger partial charge in [0.25, 0.3) is 0 Å². The first-order chi connectivity index (χ1) is 13.0. The minimum absolute atomic E-state index is 0.0964. The molecule has 27 heavy (non-hydrogen) atoms. The smallest absolute Gasteiger partial charge is 0.246 e. The largest absolute Gasteiger partial charge is 0.353 e. The van der Waals surface area contributed by atoms with E-state index < -0.39 is 6.04 Å². The predicted octanol–water partition coefficient (Wildman–Crippen LogP) is 1.29. The molecule has 3 rings (SSSR count). The van der Waals surface area contributed by atoms with Crippen molar-refractivity contribution in [3.05, 3.63) is 36.2 Å². The Morgan fingerprint density at radius 3 is 2.81 bits per heavy atom. The van der Waals surface area contributed by atoms with E-state index in [0.717, 1.165) is 12.1 Å². The van der Waals surface area contributed by atoms with E-state index in [1.165, 1.54) is 4.90 Å². The fraction of sp³-hybridized carbons (Fsp3) is 0.474. The molecule has 0 bridgehead atoms. The first-order valence-electron chi connectivity index (χ1n) is 9.11. The number of aromatic nitrogens is 2. The number of nitrogens with one attached hydrogen (secondary N) is 1. The summed E-state index contributed by atoms with van der Waals surface area (Å²) < 4.78 is 5.27. The van der Waals surface area contributed by atoms with Gasteiger partial charge >= 0.3 is 0 Å². The number of hydrogen-bond acceptors (Lipinski definition) is 6. The lowest BCUT2D eigenvalue weighted by molar-refractivity contribution is -0.139. The second-order valence-electron chi connectivity index (χ2n) is 6.97. The number of benzene rings is 1. The molecule has 1 N–H and O–H groups in total. The highest BCUT2D eigenvalue weighted by molar-refractivity contribution is 5.88. The van der Waals surface area contributed by atoms with Crippen LogP contribution in [0.25, 0.3) is 11.4 Å². The van der Waals surface area contributed by atoms with Crippen molar-refractivity contribution >= 4 is 11.8 Å². The number of amides is 2. The van der Waals surface area contributed by atoms with Crippen molar-refractivity contribution in [2.24, 2.45) is 0 Å². The van der Waals surface area contributed by atoms with Gasteiger partial charge in [0.05, 0.1) is 19.0 Å². The maximum atomic E-state index is 12.6. The molecule has 8 heteroatoms. The van der Waals surface area contributed by atoms with Crippen LogP contribution in [0.15, 0.2) is 34.9 Å². The first-order valence-corrected chi connectivity index (χ1v) is 9.11. The summed E-state index contributed by atoms with van der Waals surface area (Å²) >= 11 is 0. The molecule has 0 radical (unpaired) electrons. The highest BCUT2D eigenvalue weighted by Gasteiger charge is 2.33. The molecule has 1 aliphatic rings. The highest BCUT2D eigenvalue weighted by Crippen LogP contribution is 2.17. The number of nitrogens with zero attached hydrogens (tertiary/aromatic N) is 4. The monoisotopic (exact) mass is 371 g/mol. The lowest BCUT2D eigenvalue weighted by Crippen LogP contribution is -2.58. The summed E-state index contributed by atoms with van der Waals surface area (Å²) in [6, 6.07) is 9.25. The number of carbonyl (C=O) groups excluding carboxylic acids is 2. The van der Waals surface area contributed by atoms with Crippen LogP contribution in [0.3, 0.4) is 0 Å². The van der Waals surface area contributed by atoms with Gasteiger partial charge in [-0.05, 0) is 13.8 Å². The van der Waals surface area contributed by atoms with Crippen LogP contribution in [0.2, 0.25) is 0 Å². The van der Waals surface area contributed by atoms with Crippen molar-refractivity contribution in [2.75, 3.05) is 20.1 Å². The van der Waals surface area contributed by atoms with Crippen molar-refractivity contribution in [1.82, 2.24) is 25.3 Å². The molecule has 2 amide bonds. The van der Waals surface area contributed by atoms with Crippen LogP contribution in [-0.2, 0) is 16.1 Å². The zero-order valence-corrected chi connectivity index (χ0v) is 15.9. The van der Waals surface area contributed by atoms with Crippen molar-refractivity contribution in [3.63, 3.8) is 0 Å². The van der Waals surface area contributed by atoms with Gasteiger partial charge in [0.15, 0.2) is 0 Å². The normalized spacial score (nSPS) is 17.8. The summed E-state index contributed by atoms with van der Waals surface area (Å²) in [6.45, 7) is 5.62. The molecule has 2 aromatic rings. The van der Waals surface area contributed by atoms with Gasteiger partial charge in [-0.2, -0.15) is 4.98 Å². The lowest BCUT2D eigenvalue weighted by atomic mass is 10.1. The van der Waals surface area contributed by atoms with Crippen LogP contribution in [0.1, 0.15) is 26.2 Å². The summed E-state index contributed by atoms with van der Waals surface area (Å²) in [5.41, 5.74) is 0.855. The minimum atomic E-state index is -0.448. The maximum absolute atomic E-state index is 12.6. The molecule has 0 unspecified atom stereocenters. The van der Waals surface area contributed by atoms with Crippen LogP contribution in [0.5, 0.6) is 0 Å². The summed E-state index contributed by atoms with van der Waals surface area (Å²) in [7, 11) is 1.68. The Hall–Kier alpha value is -2.74. The van der Waals surface area contributed by atoms with Crippen molar-refractivity contribution in [1.29, 1.82) is 0 Å². The molecule has 2 heterocycles. The third kappa shape index (κ3) is 4.51. The Morgan fingerprint density at radius 2 is 2.11 bits per heavy atom. The summed E-state index contributed by atoms with van der Waals surface area (Å²) in [4.78, 5) is 32.8. The molecule has 0 saturated carbocycles. The van der Waals surface area contributed by atoms with Crippen molar-refractivity contribution in [2.45, 2.75) is 38.9 Å².